The number of halogens is 1. The second kappa shape index (κ2) is 8.02. The van der Waals surface area contributed by atoms with Crippen molar-refractivity contribution >= 4 is 17.6 Å². The number of carboxylic acid groups (broad SMARTS) is 1. The standard InChI is InChI=1S/C18H26ClNO3/c1-4-20(5-2)17-12(3)6-9-16(17)23-14-7-8-15(18(21)22)13(10-14)11-19/h7-8,10,12,16-17H,4-6,9,11H2,1-3H3,(H,21,22)/t12-,16+,17+/m0/s1. The summed E-state index contributed by atoms with van der Waals surface area (Å²) in [7, 11) is 0. The molecule has 0 amide bonds. The van der Waals surface area contributed by atoms with Crippen LogP contribution in [0.3, 0.4) is 0 Å². The lowest BCUT2D eigenvalue weighted by Crippen LogP contribution is -2.45. The minimum Gasteiger partial charge on any atom is -0.489 e. The summed E-state index contributed by atoms with van der Waals surface area (Å²) in [6.45, 7) is 8.66. The van der Waals surface area contributed by atoms with Gasteiger partial charge in [-0.3, -0.25) is 4.90 Å². The minimum atomic E-state index is -0.956. The Bertz CT molecular complexity index is 545. The molecule has 1 aromatic rings. The first kappa shape index (κ1) is 18.1. The zero-order valence-electron chi connectivity index (χ0n) is 14.1. The van der Waals surface area contributed by atoms with Gasteiger partial charge < -0.3 is 9.84 Å². The zero-order chi connectivity index (χ0) is 17.0. The van der Waals surface area contributed by atoms with Crippen LogP contribution in [-0.4, -0.2) is 41.2 Å². The van der Waals surface area contributed by atoms with Crippen LogP contribution in [-0.2, 0) is 5.88 Å². The van der Waals surface area contributed by atoms with Gasteiger partial charge in [0, 0.05) is 11.9 Å². The molecule has 5 heteroatoms. The maximum atomic E-state index is 11.2. The number of carbonyl (C=O) groups is 1. The van der Waals surface area contributed by atoms with Crippen molar-refractivity contribution in [1.29, 1.82) is 0 Å². The highest BCUT2D eigenvalue weighted by Gasteiger charge is 2.38. The lowest BCUT2D eigenvalue weighted by Gasteiger charge is -2.34. The first-order chi connectivity index (χ1) is 11.0. The van der Waals surface area contributed by atoms with Crippen LogP contribution in [0.2, 0.25) is 0 Å². The third kappa shape index (κ3) is 3.99. The highest BCUT2D eigenvalue weighted by atomic mass is 35.5. The number of hydrogen-bond acceptors (Lipinski definition) is 3. The third-order valence-electron chi connectivity index (χ3n) is 4.84. The number of hydrogen-bond donors (Lipinski definition) is 1. The van der Waals surface area contributed by atoms with Gasteiger partial charge in [-0.25, -0.2) is 4.79 Å². The molecule has 1 saturated carbocycles. The van der Waals surface area contributed by atoms with E-state index in [0.717, 1.165) is 25.9 Å². The van der Waals surface area contributed by atoms with E-state index in [4.69, 9.17) is 16.3 Å². The number of alkyl halides is 1. The molecule has 1 N–H and O–H groups in total. The Hall–Kier alpha value is -1.26. The molecule has 0 bridgehead atoms. The largest absolute Gasteiger partial charge is 0.489 e. The molecule has 128 valence electrons. The topological polar surface area (TPSA) is 49.8 Å². The van der Waals surface area contributed by atoms with Crippen LogP contribution >= 0.6 is 11.6 Å². The first-order valence-electron chi connectivity index (χ1n) is 8.34. The maximum absolute atomic E-state index is 11.2. The summed E-state index contributed by atoms with van der Waals surface area (Å²) >= 11 is 5.88. The molecular weight excluding hydrogens is 314 g/mol. The second-order valence-electron chi connectivity index (χ2n) is 6.18. The zero-order valence-corrected chi connectivity index (χ0v) is 14.8. The van der Waals surface area contributed by atoms with Crippen LogP contribution in [0.1, 0.15) is 49.5 Å². The SMILES string of the molecule is CCN(CC)[C@@H]1[C@@H](C)CC[C@H]1Oc1ccc(C(=O)O)c(CCl)c1. The molecule has 4 nitrogen and oxygen atoms in total. The molecule has 0 radical (unpaired) electrons. The summed E-state index contributed by atoms with van der Waals surface area (Å²) in [6, 6.07) is 5.49. The molecule has 1 aromatic carbocycles. The van der Waals surface area contributed by atoms with E-state index in [9.17, 15) is 9.90 Å². The van der Waals surface area contributed by atoms with Gasteiger partial charge in [-0.2, -0.15) is 0 Å². The van der Waals surface area contributed by atoms with Crippen LogP contribution in [0.25, 0.3) is 0 Å². The van der Waals surface area contributed by atoms with Gasteiger partial charge >= 0.3 is 5.97 Å². The molecule has 1 aliphatic carbocycles. The molecular formula is C18H26ClNO3. The average Bonchev–Trinajstić information content (AvgIpc) is 2.89. The van der Waals surface area contributed by atoms with Gasteiger partial charge in [0.05, 0.1) is 5.56 Å². The Morgan fingerprint density at radius 2 is 2.04 bits per heavy atom. The fourth-order valence-corrected chi connectivity index (χ4v) is 3.86. The minimum absolute atomic E-state index is 0.142. The van der Waals surface area contributed by atoms with Gasteiger partial charge in [0.15, 0.2) is 0 Å². The molecule has 0 saturated heterocycles. The third-order valence-corrected chi connectivity index (χ3v) is 5.13. The van der Waals surface area contributed by atoms with Crippen LogP contribution in [0.15, 0.2) is 18.2 Å². The Morgan fingerprint density at radius 1 is 1.35 bits per heavy atom. The van der Waals surface area contributed by atoms with Gasteiger partial charge in [-0.1, -0.05) is 20.8 Å². The van der Waals surface area contributed by atoms with Crippen molar-refractivity contribution in [1.82, 2.24) is 4.90 Å². The molecule has 0 unspecified atom stereocenters. The van der Waals surface area contributed by atoms with Crippen molar-refractivity contribution in [3.05, 3.63) is 29.3 Å². The van der Waals surface area contributed by atoms with Gasteiger partial charge in [0.2, 0.25) is 0 Å². The Kier molecular flexibility index (Phi) is 6.31. The summed E-state index contributed by atoms with van der Waals surface area (Å²) in [4.78, 5) is 13.6. The molecule has 0 heterocycles. The molecule has 1 aliphatic rings. The molecule has 0 aromatic heterocycles. The van der Waals surface area contributed by atoms with E-state index < -0.39 is 5.97 Å². The number of nitrogens with zero attached hydrogens (tertiary/aromatic N) is 1. The highest BCUT2D eigenvalue weighted by molar-refractivity contribution is 6.17. The predicted molar refractivity (Wildman–Crippen MR) is 92.5 cm³/mol. The maximum Gasteiger partial charge on any atom is 0.336 e. The quantitative estimate of drug-likeness (QED) is 0.762. The predicted octanol–water partition coefficient (Wildman–Crippen LogP) is 4.01. The smallest absolute Gasteiger partial charge is 0.336 e. The average molecular weight is 340 g/mol. The summed E-state index contributed by atoms with van der Waals surface area (Å²) in [6.07, 6.45) is 2.32. The Balaban J connectivity index is 2.19. The molecule has 0 aliphatic heterocycles. The molecule has 3 atom stereocenters. The Morgan fingerprint density at radius 3 is 2.61 bits per heavy atom. The number of benzene rings is 1. The lowest BCUT2D eigenvalue weighted by atomic mass is 10.0. The number of rotatable bonds is 7. The molecule has 23 heavy (non-hydrogen) atoms. The number of carboxylic acids is 1. The summed E-state index contributed by atoms with van der Waals surface area (Å²) < 4.78 is 6.23. The van der Waals surface area contributed by atoms with E-state index in [-0.39, 0.29) is 17.5 Å². The van der Waals surface area contributed by atoms with E-state index in [1.807, 2.05) is 0 Å². The van der Waals surface area contributed by atoms with Crippen LogP contribution in [0.4, 0.5) is 0 Å². The fourth-order valence-electron chi connectivity index (χ4n) is 3.64. The molecule has 2 rings (SSSR count). The Labute approximate surface area is 143 Å². The van der Waals surface area contributed by atoms with Crippen molar-refractivity contribution in [2.24, 2.45) is 5.92 Å². The van der Waals surface area contributed by atoms with Gasteiger partial charge in [0.1, 0.15) is 11.9 Å². The van der Waals surface area contributed by atoms with E-state index in [2.05, 4.69) is 25.7 Å². The van der Waals surface area contributed by atoms with Gasteiger partial charge in [-0.05, 0) is 55.6 Å². The van der Waals surface area contributed by atoms with Crippen molar-refractivity contribution in [3.8, 4) is 5.75 Å². The summed E-state index contributed by atoms with van der Waals surface area (Å²) in [5, 5.41) is 9.18. The number of aromatic carboxylic acids is 1. The van der Waals surface area contributed by atoms with Crippen LogP contribution in [0, 0.1) is 5.92 Å². The molecule has 0 spiro atoms. The van der Waals surface area contributed by atoms with E-state index in [1.54, 1.807) is 18.2 Å². The summed E-state index contributed by atoms with van der Waals surface area (Å²) in [5.41, 5.74) is 0.842. The highest BCUT2D eigenvalue weighted by Crippen LogP contribution is 2.33. The normalized spacial score (nSPS) is 24.1. The first-order valence-corrected chi connectivity index (χ1v) is 8.88. The van der Waals surface area contributed by atoms with E-state index in [1.165, 1.54) is 0 Å². The van der Waals surface area contributed by atoms with Crippen LogP contribution in [0.5, 0.6) is 5.75 Å². The number of likely N-dealkylation sites (N-methyl/N-ethyl adjacent to an activating group) is 1. The summed E-state index contributed by atoms with van der Waals surface area (Å²) in [5.74, 6) is 0.523. The lowest BCUT2D eigenvalue weighted by molar-refractivity contribution is 0.0695. The van der Waals surface area contributed by atoms with E-state index >= 15 is 0 Å². The van der Waals surface area contributed by atoms with Crippen LogP contribution < -0.4 is 4.74 Å². The fraction of sp³-hybridized carbons (Fsp3) is 0.611. The molecule has 1 fully saturated rings. The van der Waals surface area contributed by atoms with E-state index in [0.29, 0.717) is 23.3 Å². The van der Waals surface area contributed by atoms with Gasteiger partial charge in [-0.15, -0.1) is 11.6 Å². The van der Waals surface area contributed by atoms with Crippen molar-refractivity contribution < 1.29 is 14.6 Å². The van der Waals surface area contributed by atoms with Crippen molar-refractivity contribution in [3.63, 3.8) is 0 Å². The van der Waals surface area contributed by atoms with Crippen molar-refractivity contribution in [2.75, 3.05) is 13.1 Å². The number of ether oxygens (including phenoxy) is 1. The van der Waals surface area contributed by atoms with Gasteiger partial charge in [0.25, 0.3) is 0 Å². The second-order valence-corrected chi connectivity index (χ2v) is 6.45. The van der Waals surface area contributed by atoms with Crippen molar-refractivity contribution in [2.45, 2.75) is 51.6 Å². The monoisotopic (exact) mass is 339 g/mol.